The van der Waals surface area contributed by atoms with Crippen LogP contribution in [-0.2, 0) is 14.3 Å². The van der Waals surface area contributed by atoms with Crippen LogP contribution in [0.1, 0.15) is 181 Å². The molecule has 51 heavy (non-hydrogen) atoms. The van der Waals surface area contributed by atoms with E-state index < -0.39 is 49.5 Å². The van der Waals surface area contributed by atoms with Gasteiger partial charge in [0.25, 0.3) is 0 Å². The second-order valence-corrected chi connectivity index (χ2v) is 14.8. The molecule has 0 saturated carbocycles. The minimum atomic E-state index is -1.57. The highest BCUT2D eigenvalue weighted by Gasteiger charge is 2.44. The van der Waals surface area contributed by atoms with Crippen molar-refractivity contribution in [2.45, 2.75) is 224 Å². The summed E-state index contributed by atoms with van der Waals surface area (Å²) in [6.07, 6.45) is 30.8. The van der Waals surface area contributed by atoms with Crippen molar-refractivity contribution in [1.82, 2.24) is 5.32 Å². The zero-order valence-corrected chi connectivity index (χ0v) is 32.6. The maximum Gasteiger partial charge on any atom is 0.220 e. The van der Waals surface area contributed by atoms with Crippen molar-refractivity contribution in [1.29, 1.82) is 0 Å². The number of unbranched alkanes of at least 4 members (excludes halogenated alkanes) is 22. The van der Waals surface area contributed by atoms with Gasteiger partial charge in [-0.25, -0.2) is 0 Å². The number of hydrogen-bond acceptors (Lipinski definition) is 8. The molecule has 1 fully saturated rings. The summed E-state index contributed by atoms with van der Waals surface area (Å²) in [5.41, 5.74) is 0. The predicted molar refractivity (Wildman–Crippen MR) is 207 cm³/mol. The lowest BCUT2D eigenvalue weighted by molar-refractivity contribution is -0.302. The van der Waals surface area contributed by atoms with E-state index in [1.54, 1.807) is 6.08 Å². The monoisotopic (exact) mass is 726 g/mol. The van der Waals surface area contributed by atoms with E-state index in [0.29, 0.717) is 6.42 Å². The fourth-order valence-corrected chi connectivity index (χ4v) is 6.58. The summed E-state index contributed by atoms with van der Waals surface area (Å²) >= 11 is 0. The Hall–Kier alpha value is -1.33. The summed E-state index contributed by atoms with van der Waals surface area (Å²) in [4.78, 5) is 12.9. The fourth-order valence-electron chi connectivity index (χ4n) is 6.58. The minimum absolute atomic E-state index is 0.187. The standard InChI is InChI=1S/C42H79NO8/c1-3-5-7-9-11-13-15-16-17-18-19-20-22-24-26-28-30-32-38(46)43-35(34-50-42-41(49)40(48)39(47)37(33-44)51-42)36(45)31-29-27-25-23-21-14-12-10-8-6-4-2/h21,23,29,31,35-37,39-42,44-45,47-49H,3-20,22,24-28,30,32-34H2,1-2H3,(H,43,46)/b23-21+,31-29+. The Labute approximate surface area is 311 Å². The summed E-state index contributed by atoms with van der Waals surface area (Å²) in [6, 6.07) is -0.814. The zero-order valence-electron chi connectivity index (χ0n) is 32.6. The molecule has 1 rings (SSSR count). The Balaban J connectivity index is 2.38. The summed E-state index contributed by atoms with van der Waals surface area (Å²) in [7, 11) is 0. The summed E-state index contributed by atoms with van der Waals surface area (Å²) < 4.78 is 11.2. The van der Waals surface area contributed by atoms with Gasteiger partial charge in [0.2, 0.25) is 5.91 Å². The second-order valence-electron chi connectivity index (χ2n) is 14.8. The van der Waals surface area contributed by atoms with Gasteiger partial charge in [0.15, 0.2) is 6.29 Å². The number of aliphatic hydroxyl groups is 5. The molecule has 0 aromatic rings. The molecule has 0 aliphatic carbocycles. The minimum Gasteiger partial charge on any atom is -0.394 e. The Morgan fingerprint density at radius 2 is 1.12 bits per heavy atom. The predicted octanol–water partition coefficient (Wildman–Crippen LogP) is 7.94. The van der Waals surface area contributed by atoms with Crippen LogP contribution < -0.4 is 5.32 Å². The van der Waals surface area contributed by atoms with Gasteiger partial charge in [0.1, 0.15) is 24.4 Å². The Bertz CT molecular complexity index is 853. The third kappa shape index (κ3) is 24.6. The average molecular weight is 726 g/mol. The molecule has 1 aliphatic heterocycles. The molecule has 0 aromatic carbocycles. The average Bonchev–Trinajstić information content (AvgIpc) is 3.13. The van der Waals surface area contributed by atoms with Crippen LogP contribution in [0.2, 0.25) is 0 Å². The first kappa shape index (κ1) is 47.7. The molecule has 9 nitrogen and oxygen atoms in total. The highest BCUT2D eigenvalue weighted by atomic mass is 16.7. The summed E-state index contributed by atoms with van der Waals surface area (Å²) in [5, 5.41) is 53.9. The quantitative estimate of drug-likeness (QED) is 0.0289. The molecule has 0 aromatic heterocycles. The highest BCUT2D eigenvalue weighted by molar-refractivity contribution is 5.76. The third-order valence-electron chi connectivity index (χ3n) is 10.0. The SMILES string of the molecule is CCCCCCC/C=C/CC/C=C/C(O)C(COC1OC(CO)C(O)C(O)C1O)NC(=O)CCCCCCCCCCCCCCCCCCC. The Morgan fingerprint density at radius 3 is 1.65 bits per heavy atom. The van der Waals surface area contributed by atoms with Gasteiger partial charge in [-0.3, -0.25) is 4.79 Å². The lowest BCUT2D eigenvalue weighted by atomic mass is 9.99. The lowest BCUT2D eigenvalue weighted by Crippen LogP contribution is -2.60. The van der Waals surface area contributed by atoms with Gasteiger partial charge in [-0.05, 0) is 32.1 Å². The first-order valence-corrected chi connectivity index (χ1v) is 21.1. The molecule has 0 radical (unpaired) electrons. The smallest absolute Gasteiger partial charge is 0.220 e. The van der Waals surface area contributed by atoms with E-state index in [0.717, 1.165) is 38.5 Å². The molecule has 300 valence electrons. The van der Waals surface area contributed by atoms with Gasteiger partial charge in [-0.2, -0.15) is 0 Å². The molecule has 1 amide bonds. The van der Waals surface area contributed by atoms with E-state index in [2.05, 4.69) is 31.3 Å². The van der Waals surface area contributed by atoms with Crippen molar-refractivity contribution in [3.63, 3.8) is 0 Å². The molecule has 0 bridgehead atoms. The van der Waals surface area contributed by atoms with Crippen LogP contribution in [0.3, 0.4) is 0 Å². The van der Waals surface area contributed by atoms with E-state index in [4.69, 9.17) is 9.47 Å². The van der Waals surface area contributed by atoms with Crippen LogP contribution >= 0.6 is 0 Å². The van der Waals surface area contributed by atoms with Crippen molar-refractivity contribution < 1.29 is 39.8 Å². The van der Waals surface area contributed by atoms with Crippen molar-refractivity contribution in [3.05, 3.63) is 24.3 Å². The van der Waals surface area contributed by atoms with E-state index >= 15 is 0 Å². The van der Waals surface area contributed by atoms with Crippen LogP contribution in [0.15, 0.2) is 24.3 Å². The molecule has 9 heteroatoms. The molecule has 1 heterocycles. The molecule has 7 atom stereocenters. The Kier molecular flexibility index (Phi) is 31.1. The van der Waals surface area contributed by atoms with E-state index in [1.165, 1.54) is 122 Å². The van der Waals surface area contributed by atoms with Crippen LogP contribution in [0.5, 0.6) is 0 Å². The number of ether oxygens (including phenoxy) is 2. The highest BCUT2D eigenvalue weighted by Crippen LogP contribution is 2.22. The summed E-state index contributed by atoms with van der Waals surface area (Å²) in [6.45, 7) is 3.72. The fraction of sp³-hybridized carbons (Fsp3) is 0.881. The molecule has 1 saturated heterocycles. The second kappa shape index (κ2) is 33.3. The number of allylic oxidation sites excluding steroid dienone is 3. The number of nitrogens with one attached hydrogen (secondary N) is 1. The summed E-state index contributed by atoms with van der Waals surface area (Å²) in [5.74, 6) is -0.187. The zero-order chi connectivity index (χ0) is 37.4. The molecule has 0 spiro atoms. The maximum atomic E-state index is 12.9. The number of amides is 1. The number of aliphatic hydroxyl groups excluding tert-OH is 5. The first-order chi connectivity index (χ1) is 24.8. The van der Waals surface area contributed by atoms with Gasteiger partial charge >= 0.3 is 0 Å². The number of carbonyl (C=O) groups excluding carboxylic acids is 1. The first-order valence-electron chi connectivity index (χ1n) is 21.1. The van der Waals surface area contributed by atoms with Gasteiger partial charge in [0, 0.05) is 6.42 Å². The molecule has 7 unspecified atom stereocenters. The van der Waals surface area contributed by atoms with Gasteiger partial charge in [-0.1, -0.05) is 167 Å². The number of carbonyl (C=O) groups is 1. The third-order valence-corrected chi connectivity index (χ3v) is 10.0. The number of hydrogen-bond donors (Lipinski definition) is 6. The lowest BCUT2D eigenvalue weighted by Gasteiger charge is -2.40. The van der Waals surface area contributed by atoms with Crippen molar-refractivity contribution >= 4 is 5.91 Å². The van der Waals surface area contributed by atoms with Crippen LogP contribution in [-0.4, -0.2) is 87.5 Å². The normalized spacial score (nSPS) is 22.2. The van der Waals surface area contributed by atoms with Crippen molar-refractivity contribution in [2.24, 2.45) is 0 Å². The van der Waals surface area contributed by atoms with E-state index in [1.807, 2.05) is 6.08 Å². The van der Waals surface area contributed by atoms with Crippen LogP contribution in [0.25, 0.3) is 0 Å². The molecule has 1 aliphatic rings. The maximum absolute atomic E-state index is 12.9. The molecular formula is C42H79NO8. The van der Waals surface area contributed by atoms with E-state index in [9.17, 15) is 30.3 Å². The topological polar surface area (TPSA) is 149 Å². The van der Waals surface area contributed by atoms with Crippen LogP contribution in [0.4, 0.5) is 0 Å². The van der Waals surface area contributed by atoms with Crippen LogP contribution in [0, 0.1) is 0 Å². The van der Waals surface area contributed by atoms with Gasteiger partial charge in [0.05, 0.1) is 25.4 Å². The molecular weight excluding hydrogens is 646 g/mol. The number of rotatable bonds is 34. The molecule has 6 N–H and O–H groups in total. The Morgan fingerprint density at radius 1 is 0.647 bits per heavy atom. The van der Waals surface area contributed by atoms with Crippen molar-refractivity contribution in [2.75, 3.05) is 13.2 Å². The largest absolute Gasteiger partial charge is 0.394 e. The van der Waals surface area contributed by atoms with E-state index in [-0.39, 0.29) is 12.5 Å². The van der Waals surface area contributed by atoms with Crippen molar-refractivity contribution in [3.8, 4) is 0 Å². The van der Waals surface area contributed by atoms with Gasteiger partial charge in [-0.15, -0.1) is 0 Å². The van der Waals surface area contributed by atoms with Gasteiger partial charge < -0.3 is 40.3 Å².